The normalized spacial score (nSPS) is 11.4. The number of aromatic nitrogens is 3. The zero-order valence-corrected chi connectivity index (χ0v) is 21.9. The first-order valence-corrected chi connectivity index (χ1v) is 12.6. The van der Waals surface area contributed by atoms with Gasteiger partial charge < -0.3 is 4.74 Å². The predicted octanol–water partition coefficient (Wildman–Crippen LogP) is 5.65. The van der Waals surface area contributed by atoms with Crippen molar-refractivity contribution in [2.45, 2.75) is 19.0 Å². The lowest BCUT2D eigenvalue weighted by molar-refractivity contribution is -0.118. The molecule has 1 N–H and O–H groups in total. The minimum atomic E-state index is -0.229. The van der Waals surface area contributed by atoms with E-state index in [9.17, 15) is 4.79 Å². The highest BCUT2D eigenvalue weighted by molar-refractivity contribution is 9.10. The Labute approximate surface area is 216 Å². The van der Waals surface area contributed by atoms with Crippen molar-refractivity contribution in [2.75, 3.05) is 12.9 Å². The predicted molar refractivity (Wildman–Crippen MR) is 143 cm³/mol. The second kappa shape index (κ2) is 11.3. The largest absolute Gasteiger partial charge is 0.497 e. The van der Waals surface area contributed by atoms with E-state index in [1.54, 1.807) is 7.11 Å². The van der Waals surface area contributed by atoms with Crippen molar-refractivity contribution in [3.05, 3.63) is 88.4 Å². The Bertz CT molecular complexity index is 1330. The van der Waals surface area contributed by atoms with E-state index in [-0.39, 0.29) is 11.7 Å². The zero-order valence-electron chi connectivity index (χ0n) is 19.5. The molecule has 0 bridgehead atoms. The molecular weight excluding hydrogens is 526 g/mol. The zero-order chi connectivity index (χ0) is 24.8. The molecule has 0 atom stereocenters. The molecule has 0 aliphatic carbocycles. The first-order chi connectivity index (χ1) is 16.9. The third kappa shape index (κ3) is 6.17. The second-order valence-corrected chi connectivity index (χ2v) is 9.59. The van der Waals surface area contributed by atoms with Crippen LogP contribution in [-0.2, 0) is 4.79 Å². The number of amides is 1. The number of thioether (sulfide) groups is 1. The van der Waals surface area contributed by atoms with Crippen LogP contribution in [0.3, 0.4) is 0 Å². The maximum Gasteiger partial charge on any atom is 0.250 e. The Kier molecular flexibility index (Phi) is 7.99. The van der Waals surface area contributed by atoms with Gasteiger partial charge in [0.1, 0.15) is 5.75 Å². The van der Waals surface area contributed by atoms with E-state index >= 15 is 0 Å². The molecule has 4 rings (SSSR count). The average molecular weight is 550 g/mol. The van der Waals surface area contributed by atoms with Gasteiger partial charge in [-0.25, -0.2) is 5.43 Å². The van der Waals surface area contributed by atoms with Crippen molar-refractivity contribution in [3.8, 4) is 22.8 Å². The van der Waals surface area contributed by atoms with Crippen molar-refractivity contribution in [2.24, 2.45) is 5.10 Å². The topological polar surface area (TPSA) is 81.4 Å². The number of carbonyl (C=O) groups excluding carboxylic acids is 1. The lowest BCUT2D eigenvalue weighted by atomic mass is 10.1. The van der Waals surface area contributed by atoms with Crippen LogP contribution in [0.15, 0.2) is 87.5 Å². The molecule has 0 spiro atoms. The van der Waals surface area contributed by atoms with E-state index in [4.69, 9.17) is 4.74 Å². The highest BCUT2D eigenvalue weighted by Gasteiger charge is 2.17. The van der Waals surface area contributed by atoms with Crippen molar-refractivity contribution in [1.82, 2.24) is 20.2 Å². The average Bonchev–Trinajstić information content (AvgIpc) is 3.31. The number of hydrogen-bond donors (Lipinski definition) is 1. The van der Waals surface area contributed by atoms with Crippen molar-refractivity contribution in [1.29, 1.82) is 0 Å². The van der Waals surface area contributed by atoms with Gasteiger partial charge in [-0.15, -0.1) is 10.2 Å². The number of hydrogen-bond acceptors (Lipinski definition) is 6. The van der Waals surface area contributed by atoms with Crippen LogP contribution in [-0.4, -0.2) is 39.2 Å². The molecule has 0 fully saturated rings. The van der Waals surface area contributed by atoms with E-state index in [1.807, 2.05) is 91.2 Å². The summed E-state index contributed by atoms with van der Waals surface area (Å²) < 4.78 is 8.22. The highest BCUT2D eigenvalue weighted by atomic mass is 79.9. The summed E-state index contributed by atoms with van der Waals surface area (Å²) >= 11 is 4.72. The minimum Gasteiger partial charge on any atom is -0.497 e. The summed E-state index contributed by atoms with van der Waals surface area (Å²) in [6.07, 6.45) is 0. The molecule has 35 heavy (non-hydrogen) atoms. The third-order valence-corrected chi connectivity index (χ3v) is 6.67. The van der Waals surface area contributed by atoms with Crippen LogP contribution in [0.25, 0.3) is 17.1 Å². The monoisotopic (exact) mass is 549 g/mol. The number of carbonyl (C=O) groups is 1. The molecule has 4 aromatic rings. The molecule has 1 amide bonds. The number of ether oxygens (including phenoxy) is 1. The molecule has 9 heteroatoms. The summed E-state index contributed by atoms with van der Waals surface area (Å²) in [6, 6.07) is 23.5. The van der Waals surface area contributed by atoms with Gasteiger partial charge in [-0.3, -0.25) is 9.36 Å². The van der Waals surface area contributed by atoms with Gasteiger partial charge in [0.25, 0.3) is 5.91 Å². The number of rotatable bonds is 8. The molecule has 7 nitrogen and oxygen atoms in total. The molecule has 1 heterocycles. The van der Waals surface area contributed by atoms with Crippen LogP contribution in [0.2, 0.25) is 0 Å². The first kappa shape index (κ1) is 24.7. The van der Waals surface area contributed by atoms with Crippen LogP contribution in [0.5, 0.6) is 5.75 Å². The fourth-order valence-electron chi connectivity index (χ4n) is 3.28. The third-order valence-electron chi connectivity index (χ3n) is 5.22. The summed E-state index contributed by atoms with van der Waals surface area (Å²) in [5.41, 5.74) is 7.25. The smallest absolute Gasteiger partial charge is 0.250 e. The van der Waals surface area contributed by atoms with Crippen LogP contribution in [0.4, 0.5) is 0 Å². The summed E-state index contributed by atoms with van der Waals surface area (Å²) in [7, 11) is 1.63. The van der Waals surface area contributed by atoms with Crippen LogP contribution < -0.4 is 10.2 Å². The molecule has 0 saturated carbocycles. The summed E-state index contributed by atoms with van der Waals surface area (Å²) in [6.45, 7) is 3.89. The number of aryl methyl sites for hydroxylation is 1. The molecule has 3 aromatic carbocycles. The number of benzene rings is 3. The number of halogens is 1. The molecule has 0 saturated heterocycles. The Morgan fingerprint density at radius 1 is 1.03 bits per heavy atom. The van der Waals surface area contributed by atoms with Crippen LogP contribution >= 0.6 is 27.7 Å². The van der Waals surface area contributed by atoms with Crippen molar-refractivity contribution >= 4 is 39.3 Å². The summed E-state index contributed by atoms with van der Waals surface area (Å²) in [4.78, 5) is 12.5. The van der Waals surface area contributed by atoms with Gasteiger partial charge in [0.15, 0.2) is 11.0 Å². The highest BCUT2D eigenvalue weighted by Crippen LogP contribution is 2.29. The SMILES string of the molecule is COc1ccc(-n2c(SCC(=O)N/N=C(/C)c3ccc(Br)cc3)nnc2-c2ccc(C)cc2)cc1. The molecule has 178 valence electrons. The van der Waals surface area contributed by atoms with Gasteiger partial charge >= 0.3 is 0 Å². The van der Waals surface area contributed by atoms with E-state index in [0.29, 0.717) is 11.0 Å². The number of nitrogens with one attached hydrogen (secondary N) is 1. The second-order valence-electron chi connectivity index (χ2n) is 7.73. The molecule has 0 radical (unpaired) electrons. The molecule has 1 aromatic heterocycles. The fraction of sp³-hybridized carbons (Fsp3) is 0.154. The van der Waals surface area contributed by atoms with E-state index in [1.165, 1.54) is 11.8 Å². The minimum absolute atomic E-state index is 0.138. The molecular formula is C26H24BrN5O2S. The summed E-state index contributed by atoms with van der Waals surface area (Å²) in [5.74, 6) is 1.36. The van der Waals surface area contributed by atoms with E-state index < -0.39 is 0 Å². The summed E-state index contributed by atoms with van der Waals surface area (Å²) in [5, 5.41) is 13.6. The van der Waals surface area contributed by atoms with Gasteiger partial charge in [0, 0.05) is 15.7 Å². The Morgan fingerprint density at radius 3 is 2.37 bits per heavy atom. The molecule has 0 aliphatic rings. The maximum atomic E-state index is 12.5. The number of methoxy groups -OCH3 is 1. The van der Waals surface area contributed by atoms with E-state index in [2.05, 4.69) is 36.7 Å². The fourth-order valence-corrected chi connectivity index (χ4v) is 4.29. The van der Waals surface area contributed by atoms with Crippen molar-refractivity contribution < 1.29 is 9.53 Å². The Balaban J connectivity index is 1.53. The van der Waals surface area contributed by atoms with Crippen LogP contribution in [0, 0.1) is 6.92 Å². The van der Waals surface area contributed by atoms with E-state index in [0.717, 1.165) is 38.3 Å². The lowest BCUT2D eigenvalue weighted by Gasteiger charge is -2.11. The first-order valence-electron chi connectivity index (χ1n) is 10.8. The molecule has 0 unspecified atom stereocenters. The quantitative estimate of drug-likeness (QED) is 0.174. The van der Waals surface area contributed by atoms with Gasteiger partial charge in [-0.2, -0.15) is 5.10 Å². The Hall–Kier alpha value is -3.43. The van der Waals surface area contributed by atoms with Crippen LogP contribution in [0.1, 0.15) is 18.1 Å². The number of nitrogens with zero attached hydrogens (tertiary/aromatic N) is 4. The molecule has 0 aliphatic heterocycles. The Morgan fingerprint density at radius 2 is 1.71 bits per heavy atom. The lowest BCUT2D eigenvalue weighted by Crippen LogP contribution is -2.21. The van der Waals surface area contributed by atoms with Gasteiger partial charge in [-0.05, 0) is 55.8 Å². The maximum absolute atomic E-state index is 12.5. The standard InChI is InChI=1S/C26H24BrN5O2S/c1-17-4-6-20(7-5-17)25-30-31-26(32(25)22-12-14-23(34-3)15-13-22)35-16-24(33)29-28-18(2)19-8-10-21(27)11-9-19/h4-15H,16H2,1-3H3,(H,29,33)/b28-18-. The van der Waals surface area contributed by atoms with Gasteiger partial charge in [0.05, 0.1) is 18.6 Å². The van der Waals surface area contributed by atoms with Gasteiger partial charge in [0.2, 0.25) is 0 Å². The number of hydrazone groups is 1. The van der Waals surface area contributed by atoms with Crippen molar-refractivity contribution in [3.63, 3.8) is 0 Å². The van der Waals surface area contributed by atoms with Gasteiger partial charge in [-0.1, -0.05) is 69.7 Å².